The van der Waals surface area contributed by atoms with Crippen molar-refractivity contribution in [3.63, 3.8) is 0 Å². The van der Waals surface area contributed by atoms with Crippen molar-refractivity contribution < 1.29 is 0 Å². The molecule has 0 N–H and O–H groups in total. The first-order valence-electron chi connectivity index (χ1n) is 3.30. The molecule has 0 saturated carbocycles. The van der Waals surface area contributed by atoms with E-state index in [9.17, 15) is 0 Å². The molecule has 0 heterocycles. The molecular formula is C9H14. The van der Waals surface area contributed by atoms with Crippen molar-refractivity contribution in [1.29, 1.82) is 0 Å². The van der Waals surface area contributed by atoms with Gasteiger partial charge in [0.2, 0.25) is 0 Å². The van der Waals surface area contributed by atoms with Gasteiger partial charge in [-0.05, 0) is 20.3 Å². The van der Waals surface area contributed by atoms with Crippen LogP contribution >= 0.6 is 0 Å². The molecule has 0 saturated heterocycles. The van der Waals surface area contributed by atoms with Crippen LogP contribution in [0.4, 0.5) is 0 Å². The van der Waals surface area contributed by atoms with E-state index in [1.165, 1.54) is 0 Å². The number of hydrogen-bond acceptors (Lipinski definition) is 0. The van der Waals surface area contributed by atoms with Crippen LogP contribution < -0.4 is 0 Å². The predicted molar refractivity (Wildman–Crippen MR) is 43.4 cm³/mol. The highest BCUT2D eigenvalue weighted by Gasteiger charge is 1.64. The third-order valence-corrected chi connectivity index (χ3v) is 0.948. The third-order valence-electron chi connectivity index (χ3n) is 0.948. The summed E-state index contributed by atoms with van der Waals surface area (Å²) < 4.78 is 0. The largest absolute Gasteiger partial charge is 0.0914 e. The molecule has 9 heavy (non-hydrogen) atoms. The normalized spacial score (nSPS) is 12.7. The summed E-state index contributed by atoms with van der Waals surface area (Å²) in [6, 6.07) is 0. The Morgan fingerprint density at radius 3 is 2.22 bits per heavy atom. The lowest BCUT2D eigenvalue weighted by molar-refractivity contribution is 1.38. The van der Waals surface area contributed by atoms with Gasteiger partial charge < -0.3 is 0 Å². The highest BCUT2D eigenvalue weighted by molar-refractivity contribution is 5.03. The van der Waals surface area contributed by atoms with Crippen molar-refractivity contribution in [2.24, 2.45) is 0 Å². The average Bonchev–Trinajstić information content (AvgIpc) is 1.89. The quantitative estimate of drug-likeness (QED) is 0.398. The van der Waals surface area contributed by atoms with Crippen LogP contribution in [-0.2, 0) is 0 Å². The zero-order valence-electron chi connectivity index (χ0n) is 6.17. The molecule has 0 aromatic carbocycles. The van der Waals surface area contributed by atoms with Gasteiger partial charge in [0.25, 0.3) is 0 Å². The van der Waals surface area contributed by atoms with Crippen molar-refractivity contribution in [2.45, 2.75) is 20.3 Å². The minimum Gasteiger partial charge on any atom is -0.0914 e. The molecule has 0 unspecified atom stereocenters. The minimum absolute atomic E-state index is 1.04. The topological polar surface area (TPSA) is 0 Å². The van der Waals surface area contributed by atoms with Gasteiger partial charge in [0.15, 0.2) is 0 Å². The van der Waals surface area contributed by atoms with E-state index in [0.717, 1.165) is 6.42 Å². The Morgan fingerprint density at radius 2 is 1.67 bits per heavy atom. The fourth-order valence-electron chi connectivity index (χ4n) is 0.483. The van der Waals surface area contributed by atoms with Crippen LogP contribution in [0.2, 0.25) is 0 Å². The maximum absolute atomic E-state index is 2.12. The van der Waals surface area contributed by atoms with E-state index in [4.69, 9.17) is 0 Å². The molecule has 0 nitrogen and oxygen atoms in total. The SMILES string of the molecule is C/C=C\C/C=C/C=C/C. The van der Waals surface area contributed by atoms with Crippen molar-refractivity contribution in [3.05, 3.63) is 36.5 Å². The second kappa shape index (κ2) is 7.22. The molecule has 0 amide bonds. The Morgan fingerprint density at radius 1 is 0.889 bits per heavy atom. The van der Waals surface area contributed by atoms with Crippen LogP contribution in [0.5, 0.6) is 0 Å². The molecule has 0 aliphatic heterocycles. The van der Waals surface area contributed by atoms with Crippen LogP contribution in [0.15, 0.2) is 36.5 Å². The van der Waals surface area contributed by atoms with Gasteiger partial charge in [0.05, 0.1) is 0 Å². The van der Waals surface area contributed by atoms with Crippen LogP contribution in [-0.4, -0.2) is 0 Å². The number of allylic oxidation sites excluding steroid dienone is 6. The van der Waals surface area contributed by atoms with Gasteiger partial charge in [-0.15, -0.1) is 0 Å². The molecule has 0 aliphatic rings. The summed E-state index contributed by atoms with van der Waals surface area (Å²) in [5, 5.41) is 0. The van der Waals surface area contributed by atoms with E-state index in [2.05, 4.69) is 24.3 Å². The summed E-state index contributed by atoms with van der Waals surface area (Å²) in [5.74, 6) is 0. The van der Waals surface area contributed by atoms with Gasteiger partial charge in [-0.3, -0.25) is 0 Å². The lowest BCUT2D eigenvalue weighted by Crippen LogP contribution is -1.54. The van der Waals surface area contributed by atoms with Crippen LogP contribution in [0.1, 0.15) is 20.3 Å². The Labute approximate surface area is 57.6 Å². The van der Waals surface area contributed by atoms with E-state index >= 15 is 0 Å². The van der Waals surface area contributed by atoms with E-state index in [1.54, 1.807) is 0 Å². The van der Waals surface area contributed by atoms with Crippen molar-refractivity contribution in [2.75, 3.05) is 0 Å². The second-order valence-electron chi connectivity index (χ2n) is 1.76. The predicted octanol–water partition coefficient (Wildman–Crippen LogP) is 3.08. The molecule has 50 valence electrons. The highest BCUT2D eigenvalue weighted by Crippen LogP contribution is 1.85. The van der Waals surface area contributed by atoms with Gasteiger partial charge in [0, 0.05) is 0 Å². The fraction of sp³-hybridized carbons (Fsp3) is 0.333. The maximum atomic E-state index is 2.12. The van der Waals surface area contributed by atoms with E-state index < -0.39 is 0 Å². The zero-order valence-corrected chi connectivity index (χ0v) is 6.17. The minimum atomic E-state index is 1.04. The van der Waals surface area contributed by atoms with E-state index in [-0.39, 0.29) is 0 Å². The van der Waals surface area contributed by atoms with Crippen molar-refractivity contribution >= 4 is 0 Å². The van der Waals surface area contributed by atoms with Crippen LogP contribution in [0.25, 0.3) is 0 Å². The van der Waals surface area contributed by atoms with Crippen LogP contribution in [0.3, 0.4) is 0 Å². The summed E-state index contributed by atoms with van der Waals surface area (Å²) in [4.78, 5) is 0. The molecule has 0 rings (SSSR count). The van der Waals surface area contributed by atoms with Crippen molar-refractivity contribution in [3.8, 4) is 0 Å². The summed E-state index contributed by atoms with van der Waals surface area (Å²) in [6.45, 7) is 4.05. The number of rotatable bonds is 3. The lowest BCUT2D eigenvalue weighted by atomic mass is 10.3. The Balaban J connectivity index is 3.25. The number of hydrogen-bond donors (Lipinski definition) is 0. The van der Waals surface area contributed by atoms with Crippen molar-refractivity contribution in [1.82, 2.24) is 0 Å². The van der Waals surface area contributed by atoms with Crippen LogP contribution in [0, 0.1) is 0 Å². The summed E-state index contributed by atoms with van der Waals surface area (Å²) in [6.07, 6.45) is 13.5. The van der Waals surface area contributed by atoms with Gasteiger partial charge in [0.1, 0.15) is 0 Å². The lowest BCUT2D eigenvalue weighted by Gasteiger charge is -1.75. The summed E-state index contributed by atoms with van der Waals surface area (Å²) >= 11 is 0. The Kier molecular flexibility index (Phi) is 6.59. The average molecular weight is 122 g/mol. The smallest absolute Gasteiger partial charge is 0.0166 e. The molecule has 0 heteroatoms. The first-order chi connectivity index (χ1) is 4.41. The van der Waals surface area contributed by atoms with Gasteiger partial charge >= 0.3 is 0 Å². The highest BCUT2D eigenvalue weighted by atomic mass is 13.7. The Bertz CT molecular complexity index is 116. The summed E-state index contributed by atoms with van der Waals surface area (Å²) in [7, 11) is 0. The maximum Gasteiger partial charge on any atom is -0.0166 e. The standard InChI is InChI=1S/C9H14/c1-3-5-7-9-8-6-4-2/h3-7,9H,8H2,1-2H3/b5-3+,6-4-,9-7+. The zero-order chi connectivity index (χ0) is 6.95. The third kappa shape index (κ3) is 7.22. The van der Waals surface area contributed by atoms with Gasteiger partial charge in [-0.25, -0.2) is 0 Å². The first-order valence-corrected chi connectivity index (χ1v) is 3.30. The van der Waals surface area contributed by atoms with E-state index in [1.807, 2.05) is 26.0 Å². The summed E-state index contributed by atoms with van der Waals surface area (Å²) in [5.41, 5.74) is 0. The first kappa shape index (κ1) is 8.22. The molecule has 0 atom stereocenters. The molecule has 0 spiro atoms. The molecule has 0 bridgehead atoms. The fourth-order valence-corrected chi connectivity index (χ4v) is 0.483. The van der Waals surface area contributed by atoms with Gasteiger partial charge in [-0.2, -0.15) is 0 Å². The van der Waals surface area contributed by atoms with E-state index in [0.29, 0.717) is 0 Å². The molecular weight excluding hydrogens is 108 g/mol. The van der Waals surface area contributed by atoms with Gasteiger partial charge in [-0.1, -0.05) is 36.5 Å². The molecule has 0 fully saturated rings. The molecule has 0 aromatic rings. The Hall–Kier alpha value is -0.780. The molecule has 0 aliphatic carbocycles. The monoisotopic (exact) mass is 122 g/mol. The molecule has 0 radical (unpaired) electrons. The molecule has 0 aromatic heterocycles. The second-order valence-corrected chi connectivity index (χ2v) is 1.76.